The monoisotopic (exact) mass is 435 g/mol. The molecule has 0 spiro atoms. The molecule has 0 radical (unpaired) electrons. The molecular formula is C23H22BrN3O. The summed E-state index contributed by atoms with van der Waals surface area (Å²) in [5.41, 5.74) is 3.97. The smallest absolute Gasteiger partial charge is 0.268 e. The molecule has 1 heterocycles. The fraction of sp³-hybridized carbons (Fsp3) is 0.261. The second-order valence-electron chi connectivity index (χ2n) is 6.60. The first kappa shape index (κ1) is 20.0. The van der Waals surface area contributed by atoms with E-state index in [0.717, 1.165) is 41.1 Å². The van der Waals surface area contributed by atoms with Crippen molar-refractivity contribution in [2.45, 2.75) is 39.7 Å². The number of nitriles is 1. The van der Waals surface area contributed by atoms with Crippen LogP contribution in [0.3, 0.4) is 0 Å². The van der Waals surface area contributed by atoms with Gasteiger partial charge in [-0.3, -0.25) is 9.36 Å². The lowest BCUT2D eigenvalue weighted by atomic mass is 9.96. The zero-order chi connectivity index (χ0) is 20.1. The van der Waals surface area contributed by atoms with E-state index >= 15 is 0 Å². The Hall–Kier alpha value is -2.71. The molecule has 0 aliphatic carbocycles. The number of aromatic nitrogens is 2. The van der Waals surface area contributed by atoms with E-state index in [9.17, 15) is 10.1 Å². The van der Waals surface area contributed by atoms with Crippen molar-refractivity contribution in [2.75, 3.05) is 0 Å². The summed E-state index contributed by atoms with van der Waals surface area (Å²) in [6.45, 7) is 4.39. The molecule has 0 atom stereocenters. The molecule has 0 saturated heterocycles. The van der Waals surface area contributed by atoms with Gasteiger partial charge in [0, 0.05) is 6.42 Å². The lowest BCUT2D eigenvalue weighted by Crippen LogP contribution is -2.28. The number of hydrogen-bond acceptors (Lipinski definition) is 3. The summed E-state index contributed by atoms with van der Waals surface area (Å²) >= 11 is 3.42. The molecule has 5 heteroatoms. The summed E-state index contributed by atoms with van der Waals surface area (Å²) in [5, 5.41) is 9.86. The van der Waals surface area contributed by atoms with E-state index in [4.69, 9.17) is 4.98 Å². The molecule has 3 rings (SSSR count). The normalized spacial score (nSPS) is 10.6. The van der Waals surface area contributed by atoms with Gasteiger partial charge in [-0.15, -0.1) is 0 Å². The second kappa shape index (κ2) is 8.99. The van der Waals surface area contributed by atoms with Crippen LogP contribution in [0, 0.1) is 11.3 Å². The van der Waals surface area contributed by atoms with E-state index in [2.05, 4.69) is 28.9 Å². The number of hydrogen-bond donors (Lipinski definition) is 0. The van der Waals surface area contributed by atoms with Crippen LogP contribution in [0.1, 0.15) is 42.9 Å². The van der Waals surface area contributed by atoms with Gasteiger partial charge in [0.05, 0.1) is 17.8 Å². The fourth-order valence-electron chi connectivity index (χ4n) is 3.33. The van der Waals surface area contributed by atoms with E-state index in [1.165, 1.54) is 0 Å². The van der Waals surface area contributed by atoms with Gasteiger partial charge in [-0.05, 0) is 45.5 Å². The minimum absolute atomic E-state index is 0.0932. The van der Waals surface area contributed by atoms with Gasteiger partial charge < -0.3 is 0 Å². The van der Waals surface area contributed by atoms with Crippen molar-refractivity contribution >= 4 is 15.9 Å². The maximum Gasteiger partial charge on any atom is 0.268 e. The van der Waals surface area contributed by atoms with Crippen LogP contribution in [0.5, 0.6) is 0 Å². The van der Waals surface area contributed by atoms with Crippen LogP contribution in [0.25, 0.3) is 11.1 Å². The molecule has 0 unspecified atom stereocenters. The predicted molar refractivity (Wildman–Crippen MR) is 115 cm³/mol. The molecule has 2 aromatic carbocycles. The highest BCUT2D eigenvalue weighted by atomic mass is 79.9. The first-order valence-electron chi connectivity index (χ1n) is 9.46. The molecule has 4 nitrogen and oxygen atoms in total. The van der Waals surface area contributed by atoms with Gasteiger partial charge in [0.25, 0.3) is 5.56 Å². The van der Waals surface area contributed by atoms with Gasteiger partial charge >= 0.3 is 0 Å². The number of aryl methyl sites for hydroxylation is 2. The molecule has 1 aromatic heterocycles. The van der Waals surface area contributed by atoms with Crippen molar-refractivity contribution in [2.24, 2.45) is 0 Å². The van der Waals surface area contributed by atoms with Crippen molar-refractivity contribution in [1.29, 1.82) is 5.26 Å². The van der Waals surface area contributed by atoms with E-state index < -0.39 is 0 Å². The average Bonchev–Trinajstić information content (AvgIpc) is 2.73. The molecule has 0 saturated carbocycles. The van der Waals surface area contributed by atoms with Crippen molar-refractivity contribution in [3.63, 3.8) is 0 Å². The van der Waals surface area contributed by atoms with Gasteiger partial charge in [0.1, 0.15) is 16.4 Å². The number of rotatable bonds is 6. The van der Waals surface area contributed by atoms with E-state index in [-0.39, 0.29) is 5.56 Å². The van der Waals surface area contributed by atoms with Gasteiger partial charge in [0.2, 0.25) is 0 Å². The van der Waals surface area contributed by atoms with Gasteiger partial charge in [-0.2, -0.15) is 5.26 Å². The fourth-order valence-corrected chi connectivity index (χ4v) is 3.91. The van der Waals surface area contributed by atoms with E-state index in [1.807, 2.05) is 55.5 Å². The summed E-state index contributed by atoms with van der Waals surface area (Å²) in [5.74, 6) is 0.765. The third kappa shape index (κ3) is 3.93. The Kier molecular flexibility index (Phi) is 6.43. The lowest BCUT2D eigenvalue weighted by Gasteiger charge is -2.16. The Morgan fingerprint density at radius 3 is 2.50 bits per heavy atom. The van der Waals surface area contributed by atoms with Crippen molar-refractivity contribution < 1.29 is 0 Å². The Morgan fingerprint density at radius 2 is 1.86 bits per heavy atom. The van der Waals surface area contributed by atoms with Gasteiger partial charge in [-0.25, -0.2) is 4.98 Å². The first-order chi connectivity index (χ1) is 13.6. The van der Waals surface area contributed by atoms with Crippen LogP contribution < -0.4 is 5.56 Å². The highest BCUT2D eigenvalue weighted by molar-refractivity contribution is 9.10. The molecule has 0 N–H and O–H groups in total. The number of halogens is 1. The van der Waals surface area contributed by atoms with Crippen LogP contribution in [0.2, 0.25) is 0 Å². The Bertz CT molecular complexity index is 1080. The molecular weight excluding hydrogens is 414 g/mol. The maximum atomic E-state index is 13.0. The zero-order valence-corrected chi connectivity index (χ0v) is 17.7. The quantitative estimate of drug-likeness (QED) is 0.540. The van der Waals surface area contributed by atoms with Crippen LogP contribution >= 0.6 is 15.9 Å². The molecule has 0 bridgehead atoms. The maximum absolute atomic E-state index is 13.0. The predicted octanol–water partition coefficient (Wildman–Crippen LogP) is 5.11. The van der Waals surface area contributed by atoms with Crippen molar-refractivity contribution in [3.8, 4) is 17.2 Å². The van der Waals surface area contributed by atoms with Gasteiger partial charge in [0.15, 0.2) is 0 Å². The van der Waals surface area contributed by atoms with Crippen LogP contribution in [0.4, 0.5) is 0 Å². The van der Waals surface area contributed by atoms with Crippen molar-refractivity contribution in [3.05, 3.63) is 86.0 Å². The Balaban J connectivity index is 2.14. The molecule has 0 aliphatic heterocycles. The second-order valence-corrected chi connectivity index (χ2v) is 7.39. The van der Waals surface area contributed by atoms with Gasteiger partial charge in [-0.1, -0.05) is 62.4 Å². The summed E-state index contributed by atoms with van der Waals surface area (Å²) in [6, 6.07) is 18.0. The lowest BCUT2D eigenvalue weighted by molar-refractivity contribution is 0.640. The Morgan fingerprint density at radius 1 is 1.11 bits per heavy atom. The molecule has 3 aromatic rings. The third-order valence-electron chi connectivity index (χ3n) is 4.75. The van der Waals surface area contributed by atoms with E-state index in [1.54, 1.807) is 4.57 Å². The number of benzene rings is 2. The Labute approximate surface area is 173 Å². The SMILES string of the molecule is CCCc1nc(CC)c(Br)c(=O)n1Cc1cccc(-c2ccccc2)c1C#N. The molecule has 142 valence electrons. The van der Waals surface area contributed by atoms with Crippen LogP contribution in [-0.2, 0) is 19.4 Å². The minimum Gasteiger partial charge on any atom is -0.291 e. The standard InChI is InChI=1S/C23H22BrN3O/c1-3-9-21-26-20(4-2)22(24)23(28)27(21)15-17-12-8-13-18(19(17)14-25)16-10-6-5-7-11-16/h5-8,10-13H,3-4,9,15H2,1-2H3. The third-order valence-corrected chi connectivity index (χ3v) is 5.54. The van der Waals surface area contributed by atoms with Crippen LogP contribution in [0.15, 0.2) is 57.8 Å². The molecule has 0 fully saturated rings. The first-order valence-corrected chi connectivity index (χ1v) is 10.2. The largest absolute Gasteiger partial charge is 0.291 e. The van der Waals surface area contributed by atoms with Crippen molar-refractivity contribution in [1.82, 2.24) is 9.55 Å². The molecule has 0 amide bonds. The summed E-state index contributed by atoms with van der Waals surface area (Å²) in [7, 11) is 0. The summed E-state index contributed by atoms with van der Waals surface area (Å²) in [4.78, 5) is 17.7. The summed E-state index contributed by atoms with van der Waals surface area (Å²) < 4.78 is 2.20. The average molecular weight is 436 g/mol. The zero-order valence-electron chi connectivity index (χ0n) is 16.1. The molecule has 0 aliphatic rings. The molecule has 28 heavy (non-hydrogen) atoms. The van der Waals surface area contributed by atoms with Crippen LogP contribution in [-0.4, -0.2) is 9.55 Å². The topological polar surface area (TPSA) is 58.7 Å². The summed E-state index contributed by atoms with van der Waals surface area (Å²) in [6.07, 6.45) is 2.31. The minimum atomic E-state index is -0.0932. The highest BCUT2D eigenvalue weighted by Crippen LogP contribution is 2.26. The number of nitrogens with zero attached hydrogens (tertiary/aromatic N) is 3. The highest BCUT2D eigenvalue weighted by Gasteiger charge is 2.16. The van der Waals surface area contributed by atoms with E-state index in [0.29, 0.717) is 23.0 Å².